The average molecular weight is 316 g/mol. The summed E-state index contributed by atoms with van der Waals surface area (Å²) in [6.45, 7) is 0.679. The van der Waals surface area contributed by atoms with E-state index in [0.29, 0.717) is 12.1 Å². The van der Waals surface area contributed by atoms with Crippen LogP contribution in [0.1, 0.15) is 5.56 Å². The third-order valence-corrected chi connectivity index (χ3v) is 3.00. The molecule has 1 rings (SSSR count). The lowest BCUT2D eigenvalue weighted by atomic mass is 10.1. The molecule has 0 bridgehead atoms. The van der Waals surface area contributed by atoms with Crippen LogP contribution in [-0.2, 0) is 4.74 Å². The van der Waals surface area contributed by atoms with Crippen molar-refractivity contribution in [2.45, 2.75) is 6.10 Å². The summed E-state index contributed by atoms with van der Waals surface area (Å²) in [5, 5.41) is 17.3. The van der Waals surface area contributed by atoms with Gasteiger partial charge in [0, 0.05) is 36.4 Å². The number of rotatable bonds is 6. The van der Waals surface area contributed by atoms with Crippen LogP contribution in [0.15, 0.2) is 22.7 Å². The first-order valence-corrected chi connectivity index (χ1v) is 6.27. The zero-order chi connectivity index (χ0) is 13.7. The highest BCUT2D eigenvalue weighted by molar-refractivity contribution is 9.10. The molecule has 1 atom stereocenters. The van der Waals surface area contributed by atoms with Crippen LogP contribution in [0.25, 0.3) is 0 Å². The Kier molecular flexibility index (Phi) is 5.58. The predicted octanol–water partition coefficient (Wildman–Crippen LogP) is 1.18. The summed E-state index contributed by atoms with van der Waals surface area (Å²) >= 11 is 3.39. The summed E-state index contributed by atoms with van der Waals surface area (Å²) in [6.07, 6.45) is -0.584. The topological polar surface area (TPSA) is 82.6 Å². The molecule has 0 heterocycles. The SMILES string of the molecule is COCC(O)CN(C)c1cc(Br)ccc1C(=N)N. The van der Waals surface area contributed by atoms with Gasteiger partial charge in [-0.25, -0.2) is 0 Å². The van der Waals surface area contributed by atoms with Gasteiger partial charge in [0.25, 0.3) is 0 Å². The number of nitrogens with zero attached hydrogens (tertiary/aromatic N) is 1. The Bertz CT molecular complexity index is 426. The van der Waals surface area contributed by atoms with Crippen LogP contribution < -0.4 is 10.6 Å². The Morgan fingerprint density at radius 3 is 2.83 bits per heavy atom. The van der Waals surface area contributed by atoms with Crippen LogP contribution >= 0.6 is 15.9 Å². The number of amidine groups is 1. The van der Waals surface area contributed by atoms with Gasteiger partial charge in [-0.1, -0.05) is 15.9 Å². The standard InChI is InChI=1S/C12H18BrN3O2/c1-16(6-9(17)7-18-2)11-5-8(13)3-4-10(11)12(14)15/h3-5,9,17H,6-7H2,1-2H3,(H3,14,15). The van der Waals surface area contributed by atoms with Crippen molar-refractivity contribution in [2.75, 3.05) is 32.2 Å². The van der Waals surface area contributed by atoms with E-state index in [0.717, 1.165) is 10.2 Å². The number of likely N-dealkylation sites (N-methyl/N-ethyl adjacent to an activating group) is 1. The van der Waals surface area contributed by atoms with Crippen LogP contribution in [0.2, 0.25) is 0 Å². The van der Waals surface area contributed by atoms with E-state index in [2.05, 4.69) is 15.9 Å². The van der Waals surface area contributed by atoms with Gasteiger partial charge in [-0.3, -0.25) is 5.41 Å². The van der Waals surface area contributed by atoms with Gasteiger partial charge in [0.05, 0.1) is 12.7 Å². The number of aliphatic hydroxyl groups is 1. The molecule has 0 saturated carbocycles. The number of nitrogens with two attached hydrogens (primary N) is 1. The first-order chi connectivity index (χ1) is 8.45. The van der Waals surface area contributed by atoms with Gasteiger partial charge in [-0.2, -0.15) is 0 Å². The maximum absolute atomic E-state index is 9.72. The molecule has 0 spiro atoms. The fourth-order valence-electron chi connectivity index (χ4n) is 1.71. The number of hydrogen-bond acceptors (Lipinski definition) is 4. The van der Waals surface area contributed by atoms with E-state index < -0.39 is 6.10 Å². The number of nitrogens with one attached hydrogen (secondary N) is 1. The molecule has 0 aliphatic heterocycles. The van der Waals surface area contributed by atoms with Crippen molar-refractivity contribution in [3.8, 4) is 0 Å². The van der Waals surface area contributed by atoms with Gasteiger partial charge in [0.2, 0.25) is 0 Å². The van der Waals surface area contributed by atoms with Crippen molar-refractivity contribution in [1.29, 1.82) is 5.41 Å². The second kappa shape index (κ2) is 6.72. The number of halogens is 1. The molecule has 1 aromatic carbocycles. The third kappa shape index (κ3) is 3.97. The van der Waals surface area contributed by atoms with E-state index in [1.54, 1.807) is 13.2 Å². The number of hydrogen-bond donors (Lipinski definition) is 3. The number of methoxy groups -OCH3 is 1. The minimum Gasteiger partial charge on any atom is -0.389 e. The van der Waals surface area contributed by atoms with E-state index in [-0.39, 0.29) is 12.4 Å². The third-order valence-electron chi connectivity index (χ3n) is 2.50. The van der Waals surface area contributed by atoms with Gasteiger partial charge in [0.15, 0.2) is 0 Å². The monoisotopic (exact) mass is 315 g/mol. The first kappa shape index (κ1) is 14.9. The smallest absolute Gasteiger partial charge is 0.124 e. The molecule has 0 aromatic heterocycles. The first-order valence-electron chi connectivity index (χ1n) is 5.47. The quantitative estimate of drug-likeness (QED) is 0.544. The molecule has 0 aliphatic rings. The number of nitrogen functional groups attached to an aromatic ring is 1. The van der Waals surface area contributed by atoms with E-state index in [9.17, 15) is 5.11 Å². The Labute approximate surface area is 115 Å². The molecule has 0 saturated heterocycles. The summed E-state index contributed by atoms with van der Waals surface area (Å²) in [6, 6.07) is 5.48. The van der Waals surface area contributed by atoms with Crippen molar-refractivity contribution in [2.24, 2.45) is 5.73 Å². The van der Waals surface area contributed by atoms with Crippen molar-refractivity contribution < 1.29 is 9.84 Å². The normalized spacial score (nSPS) is 12.2. The minimum absolute atomic E-state index is 0.00517. The Balaban J connectivity index is 2.93. The molecule has 0 amide bonds. The van der Waals surface area contributed by atoms with E-state index in [4.69, 9.17) is 15.9 Å². The van der Waals surface area contributed by atoms with E-state index >= 15 is 0 Å². The summed E-state index contributed by atoms with van der Waals surface area (Å²) in [5.74, 6) is 0.00517. The highest BCUT2D eigenvalue weighted by Gasteiger charge is 2.13. The molecule has 100 valence electrons. The van der Waals surface area contributed by atoms with Crippen molar-refractivity contribution in [3.63, 3.8) is 0 Å². The average Bonchev–Trinajstić information content (AvgIpc) is 2.28. The summed E-state index contributed by atoms with van der Waals surface area (Å²) in [5.41, 5.74) is 6.99. The molecule has 1 unspecified atom stereocenters. The molecule has 6 heteroatoms. The maximum Gasteiger partial charge on any atom is 0.124 e. The number of aliphatic hydroxyl groups excluding tert-OH is 1. The van der Waals surface area contributed by atoms with Crippen molar-refractivity contribution >= 4 is 27.5 Å². The van der Waals surface area contributed by atoms with E-state index in [1.807, 2.05) is 24.1 Å². The molecular weight excluding hydrogens is 298 g/mol. The Morgan fingerprint density at radius 2 is 2.28 bits per heavy atom. The second-order valence-electron chi connectivity index (χ2n) is 4.06. The molecule has 1 aromatic rings. The van der Waals surface area contributed by atoms with Crippen LogP contribution in [0.5, 0.6) is 0 Å². The largest absolute Gasteiger partial charge is 0.389 e. The van der Waals surface area contributed by atoms with Gasteiger partial charge < -0.3 is 20.5 Å². The summed E-state index contributed by atoms with van der Waals surface area (Å²) < 4.78 is 5.79. The second-order valence-corrected chi connectivity index (χ2v) is 4.98. The lowest BCUT2D eigenvalue weighted by molar-refractivity contribution is 0.0695. The summed E-state index contributed by atoms with van der Waals surface area (Å²) in [4.78, 5) is 1.85. The Morgan fingerprint density at radius 1 is 1.61 bits per heavy atom. The lowest BCUT2D eigenvalue weighted by Gasteiger charge is -2.24. The maximum atomic E-state index is 9.72. The van der Waals surface area contributed by atoms with Crippen molar-refractivity contribution in [3.05, 3.63) is 28.2 Å². The molecule has 18 heavy (non-hydrogen) atoms. The van der Waals surface area contributed by atoms with Crippen LogP contribution in [-0.4, -0.2) is 44.4 Å². The molecule has 0 fully saturated rings. The lowest BCUT2D eigenvalue weighted by Crippen LogP contribution is -2.33. The molecule has 0 aliphatic carbocycles. The highest BCUT2D eigenvalue weighted by Crippen LogP contribution is 2.24. The summed E-state index contributed by atoms with van der Waals surface area (Å²) in [7, 11) is 3.39. The van der Waals surface area contributed by atoms with Gasteiger partial charge in [-0.05, 0) is 18.2 Å². The zero-order valence-corrected chi connectivity index (χ0v) is 12.1. The molecule has 5 nitrogen and oxygen atoms in total. The minimum atomic E-state index is -0.584. The Hall–Kier alpha value is -1.11. The van der Waals surface area contributed by atoms with Gasteiger partial charge >= 0.3 is 0 Å². The van der Waals surface area contributed by atoms with Gasteiger partial charge in [0.1, 0.15) is 5.84 Å². The van der Waals surface area contributed by atoms with Gasteiger partial charge in [-0.15, -0.1) is 0 Å². The fraction of sp³-hybridized carbons (Fsp3) is 0.417. The predicted molar refractivity (Wildman–Crippen MR) is 76.3 cm³/mol. The van der Waals surface area contributed by atoms with Crippen molar-refractivity contribution in [1.82, 2.24) is 0 Å². The van der Waals surface area contributed by atoms with Crippen LogP contribution in [0.3, 0.4) is 0 Å². The zero-order valence-electron chi connectivity index (χ0n) is 10.5. The number of benzene rings is 1. The van der Waals surface area contributed by atoms with Crippen LogP contribution in [0, 0.1) is 5.41 Å². The molecular formula is C12H18BrN3O2. The number of anilines is 1. The van der Waals surface area contributed by atoms with Crippen LogP contribution in [0.4, 0.5) is 5.69 Å². The molecule has 0 radical (unpaired) electrons. The fourth-order valence-corrected chi connectivity index (χ4v) is 2.06. The highest BCUT2D eigenvalue weighted by atomic mass is 79.9. The van der Waals surface area contributed by atoms with E-state index in [1.165, 1.54) is 0 Å². The molecule has 4 N–H and O–H groups in total. The number of ether oxygens (including phenoxy) is 1.